The summed E-state index contributed by atoms with van der Waals surface area (Å²) in [7, 11) is 0. The molecule has 0 aromatic rings. The molecule has 0 amide bonds. The lowest BCUT2D eigenvalue weighted by Crippen LogP contribution is -2.40. The molecule has 0 radical (unpaired) electrons. The van der Waals surface area contributed by atoms with E-state index in [2.05, 4.69) is 25.2 Å². The van der Waals surface area contributed by atoms with Gasteiger partial charge in [-0.05, 0) is 55.9 Å². The predicted molar refractivity (Wildman–Crippen MR) is 110 cm³/mol. The molecule has 2 aliphatic rings. The minimum Gasteiger partial charge on any atom is -0.481 e. The molecule has 0 aliphatic heterocycles. The Morgan fingerprint density at radius 3 is 2.66 bits per heavy atom. The lowest BCUT2D eigenvalue weighted by molar-refractivity contribution is -0.158. The second-order valence-corrected chi connectivity index (χ2v) is 8.69. The standard InChI is InChI=1S/C23H36O6/c1-4-14(2)23(28)29-20-7-5-6-16-9-8-15(3)19(22(16)20)11-10-17(24)12-18(25)13-21(26)27/h6,8-9,14-15,17-20,22,24-25H,4-5,7,10-13H2,1-3H3,(H,26,27)/t14?,15-,17+,18+,19?,20-,22-/m0/s1. The van der Waals surface area contributed by atoms with Crippen molar-refractivity contribution in [2.75, 3.05) is 0 Å². The molecule has 0 heterocycles. The SMILES string of the molecule is CCC(C)C(=O)O[C@H]1CCC=C2C=C[C@H](C)C(CC[C@@H](O)C[C@@H](O)CC(=O)O)[C@H]21. The molecule has 0 aromatic heterocycles. The average molecular weight is 409 g/mol. The zero-order valence-corrected chi connectivity index (χ0v) is 17.8. The van der Waals surface area contributed by atoms with Gasteiger partial charge in [0.25, 0.3) is 0 Å². The van der Waals surface area contributed by atoms with Crippen LogP contribution >= 0.6 is 0 Å². The fourth-order valence-corrected chi connectivity index (χ4v) is 4.49. The van der Waals surface area contributed by atoms with Crippen LogP contribution in [0.2, 0.25) is 0 Å². The highest BCUT2D eigenvalue weighted by molar-refractivity contribution is 5.72. The maximum Gasteiger partial charge on any atom is 0.308 e. The van der Waals surface area contributed by atoms with Crippen molar-refractivity contribution in [3.8, 4) is 0 Å². The van der Waals surface area contributed by atoms with Crippen LogP contribution in [0.15, 0.2) is 23.8 Å². The van der Waals surface area contributed by atoms with Crippen LogP contribution in [0.25, 0.3) is 0 Å². The van der Waals surface area contributed by atoms with Crippen molar-refractivity contribution in [2.24, 2.45) is 23.7 Å². The third-order valence-corrected chi connectivity index (χ3v) is 6.42. The van der Waals surface area contributed by atoms with E-state index in [1.807, 2.05) is 13.8 Å². The minimum absolute atomic E-state index is 0.0586. The van der Waals surface area contributed by atoms with Gasteiger partial charge in [-0.1, -0.05) is 39.0 Å². The van der Waals surface area contributed by atoms with Gasteiger partial charge in [-0.25, -0.2) is 0 Å². The Morgan fingerprint density at radius 1 is 1.28 bits per heavy atom. The second-order valence-electron chi connectivity index (χ2n) is 8.69. The summed E-state index contributed by atoms with van der Waals surface area (Å²) in [5.74, 6) is -0.691. The molecule has 2 aliphatic carbocycles. The van der Waals surface area contributed by atoms with Crippen LogP contribution in [-0.4, -0.2) is 45.6 Å². The van der Waals surface area contributed by atoms with Crippen LogP contribution in [0.3, 0.4) is 0 Å². The van der Waals surface area contributed by atoms with Crippen molar-refractivity contribution in [1.82, 2.24) is 0 Å². The third kappa shape index (κ3) is 6.68. The van der Waals surface area contributed by atoms with E-state index in [1.54, 1.807) is 0 Å². The molecule has 0 aromatic carbocycles. The number of carboxylic acids is 1. The zero-order valence-electron chi connectivity index (χ0n) is 17.8. The molecule has 6 heteroatoms. The second kappa shape index (κ2) is 10.9. The van der Waals surface area contributed by atoms with Crippen LogP contribution in [0.4, 0.5) is 0 Å². The van der Waals surface area contributed by atoms with Gasteiger partial charge in [0.2, 0.25) is 0 Å². The number of aliphatic hydroxyl groups excluding tert-OH is 2. The predicted octanol–water partition coefficient (Wildman–Crippen LogP) is 3.47. The van der Waals surface area contributed by atoms with Gasteiger partial charge in [0.15, 0.2) is 0 Å². The molecule has 164 valence electrons. The van der Waals surface area contributed by atoms with Crippen LogP contribution < -0.4 is 0 Å². The fourth-order valence-electron chi connectivity index (χ4n) is 4.49. The monoisotopic (exact) mass is 408 g/mol. The number of allylic oxidation sites excluding steroid dienone is 3. The van der Waals surface area contributed by atoms with Crippen LogP contribution in [-0.2, 0) is 14.3 Å². The zero-order chi connectivity index (χ0) is 21.6. The number of carbonyl (C=O) groups excluding carboxylic acids is 1. The smallest absolute Gasteiger partial charge is 0.308 e. The summed E-state index contributed by atoms with van der Waals surface area (Å²) in [4.78, 5) is 23.1. The van der Waals surface area contributed by atoms with Gasteiger partial charge in [-0.2, -0.15) is 0 Å². The van der Waals surface area contributed by atoms with Crippen LogP contribution in [0.5, 0.6) is 0 Å². The number of hydrogen-bond donors (Lipinski definition) is 3. The van der Waals surface area contributed by atoms with Gasteiger partial charge in [0.05, 0.1) is 24.5 Å². The molecule has 0 saturated carbocycles. The van der Waals surface area contributed by atoms with Crippen molar-refractivity contribution >= 4 is 11.9 Å². The number of ether oxygens (including phenoxy) is 1. The summed E-state index contributed by atoms with van der Waals surface area (Å²) < 4.78 is 5.93. The quantitative estimate of drug-likeness (QED) is 0.478. The van der Waals surface area contributed by atoms with Gasteiger partial charge in [0.1, 0.15) is 6.10 Å². The van der Waals surface area contributed by atoms with E-state index in [0.717, 1.165) is 25.7 Å². The van der Waals surface area contributed by atoms with Crippen molar-refractivity contribution in [2.45, 2.75) is 84.0 Å². The number of rotatable bonds is 10. The van der Waals surface area contributed by atoms with Gasteiger partial charge in [-0.15, -0.1) is 0 Å². The van der Waals surface area contributed by atoms with Gasteiger partial charge >= 0.3 is 11.9 Å². The Morgan fingerprint density at radius 2 is 2.00 bits per heavy atom. The minimum atomic E-state index is -1.07. The third-order valence-electron chi connectivity index (χ3n) is 6.42. The topological polar surface area (TPSA) is 104 Å². The van der Waals surface area contributed by atoms with Crippen molar-refractivity contribution in [3.63, 3.8) is 0 Å². The summed E-state index contributed by atoms with van der Waals surface area (Å²) in [6.45, 7) is 6.01. The number of esters is 1. The first kappa shape index (κ1) is 23.6. The van der Waals surface area contributed by atoms with Gasteiger partial charge in [-0.3, -0.25) is 9.59 Å². The number of carboxylic acid groups (broad SMARTS) is 1. The first-order valence-electron chi connectivity index (χ1n) is 10.9. The maximum atomic E-state index is 12.4. The molecular weight excluding hydrogens is 372 g/mol. The molecule has 0 saturated heterocycles. The highest BCUT2D eigenvalue weighted by Gasteiger charge is 2.40. The molecule has 0 bridgehead atoms. The normalized spacial score (nSPS) is 29.3. The largest absolute Gasteiger partial charge is 0.481 e. The van der Waals surface area contributed by atoms with E-state index in [9.17, 15) is 19.8 Å². The molecule has 2 unspecified atom stereocenters. The highest BCUT2D eigenvalue weighted by Crippen LogP contribution is 2.44. The maximum absolute atomic E-state index is 12.4. The Hall–Kier alpha value is -1.66. The Labute approximate surface area is 173 Å². The first-order chi connectivity index (χ1) is 13.7. The number of fused-ring (bicyclic) bond motifs is 1. The summed E-state index contributed by atoms with van der Waals surface area (Å²) in [6.07, 6.45) is 7.97. The fraction of sp³-hybridized carbons (Fsp3) is 0.739. The molecule has 7 atom stereocenters. The van der Waals surface area contributed by atoms with E-state index in [1.165, 1.54) is 5.57 Å². The Balaban J connectivity index is 2.03. The van der Waals surface area contributed by atoms with E-state index in [4.69, 9.17) is 9.84 Å². The van der Waals surface area contributed by atoms with E-state index >= 15 is 0 Å². The number of aliphatic carboxylic acids is 1. The first-order valence-corrected chi connectivity index (χ1v) is 10.9. The van der Waals surface area contributed by atoms with E-state index in [0.29, 0.717) is 6.42 Å². The Kier molecular flexibility index (Phi) is 8.90. The molecule has 2 rings (SSSR count). The summed E-state index contributed by atoms with van der Waals surface area (Å²) in [5.41, 5.74) is 1.21. The van der Waals surface area contributed by atoms with Crippen molar-refractivity contribution in [1.29, 1.82) is 0 Å². The van der Waals surface area contributed by atoms with Gasteiger partial charge < -0.3 is 20.1 Å². The lowest BCUT2D eigenvalue weighted by Gasteiger charge is -2.42. The van der Waals surface area contributed by atoms with E-state index in [-0.39, 0.29) is 48.6 Å². The van der Waals surface area contributed by atoms with Gasteiger partial charge in [0, 0.05) is 5.92 Å². The van der Waals surface area contributed by atoms with Crippen LogP contribution in [0.1, 0.15) is 65.7 Å². The van der Waals surface area contributed by atoms with Crippen molar-refractivity contribution in [3.05, 3.63) is 23.8 Å². The molecular formula is C23H36O6. The lowest BCUT2D eigenvalue weighted by atomic mass is 9.66. The molecule has 29 heavy (non-hydrogen) atoms. The summed E-state index contributed by atoms with van der Waals surface area (Å²) >= 11 is 0. The molecule has 0 spiro atoms. The Bertz CT molecular complexity index is 625. The summed E-state index contributed by atoms with van der Waals surface area (Å²) in [5, 5.41) is 28.8. The summed E-state index contributed by atoms with van der Waals surface area (Å²) in [6, 6.07) is 0. The number of carbonyl (C=O) groups is 2. The molecule has 3 N–H and O–H groups in total. The van der Waals surface area contributed by atoms with Crippen LogP contribution in [0, 0.1) is 23.7 Å². The number of aliphatic hydroxyl groups is 2. The van der Waals surface area contributed by atoms with E-state index < -0.39 is 18.2 Å². The number of hydrogen-bond acceptors (Lipinski definition) is 5. The average Bonchev–Trinajstić information content (AvgIpc) is 2.66. The molecule has 0 fully saturated rings. The highest BCUT2D eigenvalue weighted by atomic mass is 16.5. The van der Waals surface area contributed by atoms with Crippen molar-refractivity contribution < 1.29 is 29.6 Å². The molecule has 6 nitrogen and oxygen atoms in total.